The van der Waals surface area contributed by atoms with E-state index in [1.807, 2.05) is 30.3 Å². The van der Waals surface area contributed by atoms with E-state index in [2.05, 4.69) is 35.7 Å². The Kier molecular flexibility index (Phi) is 4.15. The van der Waals surface area contributed by atoms with E-state index in [9.17, 15) is 0 Å². The fraction of sp³-hybridized carbons (Fsp3) is 0.250. The van der Waals surface area contributed by atoms with E-state index < -0.39 is 0 Å². The normalized spacial score (nSPS) is 10.1. The average molecular weight is 251 g/mol. The number of hydrogen-bond acceptors (Lipinski definition) is 3. The zero-order chi connectivity index (χ0) is 13.7. The first kappa shape index (κ1) is 13.1. The number of aromatic nitrogens is 2. The summed E-state index contributed by atoms with van der Waals surface area (Å²) in [4.78, 5) is 8.75. The molecule has 3 heteroatoms. The highest BCUT2D eigenvalue weighted by atomic mass is 14.9. The predicted molar refractivity (Wildman–Crippen MR) is 78.2 cm³/mol. The van der Waals surface area contributed by atoms with E-state index in [-0.39, 0.29) is 0 Å². The molecule has 0 aliphatic rings. The molecular formula is C16H17N3. The SMILES string of the molecule is CC(C)CC#Cc1cccc(-c2cccc(N)n2)n1. The highest BCUT2D eigenvalue weighted by Crippen LogP contribution is 2.15. The molecule has 2 aromatic heterocycles. The molecule has 96 valence electrons. The van der Waals surface area contributed by atoms with Crippen LogP contribution in [0.2, 0.25) is 0 Å². The standard InChI is InChI=1S/C16H17N3/c1-12(2)6-3-7-13-8-4-9-14(18-13)15-10-5-11-16(17)19-15/h4-5,8-12H,6H2,1-2H3,(H2,17,19). The van der Waals surface area contributed by atoms with Gasteiger partial charge < -0.3 is 5.73 Å². The first-order valence-electron chi connectivity index (χ1n) is 6.34. The fourth-order valence-electron chi connectivity index (χ4n) is 1.59. The lowest BCUT2D eigenvalue weighted by Crippen LogP contribution is -1.94. The number of rotatable bonds is 2. The molecule has 2 aromatic rings. The number of nitrogens with zero attached hydrogens (tertiary/aromatic N) is 2. The third-order valence-electron chi connectivity index (χ3n) is 2.51. The molecule has 0 fully saturated rings. The van der Waals surface area contributed by atoms with Gasteiger partial charge >= 0.3 is 0 Å². The molecule has 0 amide bonds. The minimum absolute atomic E-state index is 0.496. The van der Waals surface area contributed by atoms with Crippen LogP contribution in [-0.4, -0.2) is 9.97 Å². The van der Waals surface area contributed by atoms with Crippen molar-refractivity contribution in [1.82, 2.24) is 9.97 Å². The van der Waals surface area contributed by atoms with Crippen molar-refractivity contribution in [2.24, 2.45) is 5.92 Å². The summed E-state index contributed by atoms with van der Waals surface area (Å²) in [5, 5.41) is 0. The van der Waals surface area contributed by atoms with E-state index >= 15 is 0 Å². The van der Waals surface area contributed by atoms with Gasteiger partial charge in [0.05, 0.1) is 11.4 Å². The molecule has 19 heavy (non-hydrogen) atoms. The van der Waals surface area contributed by atoms with Crippen molar-refractivity contribution >= 4 is 5.82 Å². The highest BCUT2D eigenvalue weighted by molar-refractivity contribution is 5.57. The van der Waals surface area contributed by atoms with Gasteiger partial charge in [-0.05, 0) is 36.1 Å². The van der Waals surface area contributed by atoms with Gasteiger partial charge in [0.25, 0.3) is 0 Å². The molecule has 0 aliphatic heterocycles. The second-order valence-electron chi connectivity index (χ2n) is 4.76. The Bertz CT molecular complexity index is 621. The Morgan fingerprint density at radius 1 is 1.05 bits per heavy atom. The van der Waals surface area contributed by atoms with Crippen molar-refractivity contribution in [3.05, 3.63) is 42.1 Å². The van der Waals surface area contributed by atoms with Crippen LogP contribution in [0.15, 0.2) is 36.4 Å². The maximum absolute atomic E-state index is 5.68. The largest absolute Gasteiger partial charge is 0.384 e. The maximum Gasteiger partial charge on any atom is 0.124 e. The molecule has 3 nitrogen and oxygen atoms in total. The summed E-state index contributed by atoms with van der Waals surface area (Å²) in [5.41, 5.74) is 8.01. The van der Waals surface area contributed by atoms with Crippen molar-refractivity contribution in [2.45, 2.75) is 20.3 Å². The molecule has 0 bridgehead atoms. The molecule has 0 aromatic carbocycles. The maximum atomic E-state index is 5.68. The van der Waals surface area contributed by atoms with Crippen molar-refractivity contribution < 1.29 is 0 Å². The Morgan fingerprint density at radius 2 is 1.74 bits per heavy atom. The topological polar surface area (TPSA) is 51.8 Å². The first-order valence-corrected chi connectivity index (χ1v) is 6.34. The van der Waals surface area contributed by atoms with Crippen molar-refractivity contribution in [3.63, 3.8) is 0 Å². The van der Waals surface area contributed by atoms with Crippen LogP contribution in [0.4, 0.5) is 5.82 Å². The van der Waals surface area contributed by atoms with E-state index in [0.717, 1.165) is 23.5 Å². The van der Waals surface area contributed by atoms with Crippen molar-refractivity contribution in [3.8, 4) is 23.2 Å². The third-order valence-corrected chi connectivity index (χ3v) is 2.51. The second kappa shape index (κ2) is 6.01. The van der Waals surface area contributed by atoms with Gasteiger partial charge in [-0.25, -0.2) is 9.97 Å². The zero-order valence-electron chi connectivity index (χ0n) is 11.2. The summed E-state index contributed by atoms with van der Waals surface area (Å²) >= 11 is 0. The van der Waals surface area contributed by atoms with Crippen molar-refractivity contribution in [2.75, 3.05) is 5.73 Å². The second-order valence-corrected chi connectivity index (χ2v) is 4.76. The summed E-state index contributed by atoms with van der Waals surface area (Å²) in [6.07, 6.45) is 0.877. The van der Waals surface area contributed by atoms with Crippen LogP contribution >= 0.6 is 0 Å². The molecule has 0 atom stereocenters. The Morgan fingerprint density at radius 3 is 2.42 bits per heavy atom. The number of nitrogen functional groups attached to an aromatic ring is 1. The molecule has 0 aliphatic carbocycles. The number of nitrogens with two attached hydrogens (primary N) is 1. The van der Waals surface area contributed by atoms with Gasteiger partial charge in [-0.15, -0.1) is 0 Å². The summed E-state index contributed by atoms with van der Waals surface area (Å²) in [6.45, 7) is 4.30. The minimum Gasteiger partial charge on any atom is -0.384 e. The fourth-order valence-corrected chi connectivity index (χ4v) is 1.59. The molecule has 0 spiro atoms. The van der Waals surface area contributed by atoms with Gasteiger partial charge in [-0.2, -0.15) is 0 Å². The lowest BCUT2D eigenvalue weighted by molar-refractivity contribution is 0.676. The van der Waals surface area contributed by atoms with Gasteiger partial charge in [-0.1, -0.05) is 31.9 Å². The van der Waals surface area contributed by atoms with Gasteiger partial charge in [0.15, 0.2) is 0 Å². The molecule has 2 N–H and O–H groups in total. The predicted octanol–water partition coefficient (Wildman–Crippen LogP) is 3.12. The molecule has 0 saturated heterocycles. The highest BCUT2D eigenvalue weighted by Gasteiger charge is 2.01. The van der Waals surface area contributed by atoms with Gasteiger partial charge in [0, 0.05) is 6.42 Å². The Hall–Kier alpha value is -2.34. The van der Waals surface area contributed by atoms with Crippen molar-refractivity contribution in [1.29, 1.82) is 0 Å². The molecule has 2 heterocycles. The molecule has 0 unspecified atom stereocenters. The summed E-state index contributed by atoms with van der Waals surface area (Å²) in [6, 6.07) is 11.3. The summed E-state index contributed by atoms with van der Waals surface area (Å²) in [7, 11) is 0. The molecular weight excluding hydrogens is 234 g/mol. The third kappa shape index (κ3) is 3.82. The summed E-state index contributed by atoms with van der Waals surface area (Å²) < 4.78 is 0. The first-order chi connectivity index (χ1) is 9.15. The smallest absolute Gasteiger partial charge is 0.124 e. The number of anilines is 1. The molecule has 2 rings (SSSR count). The quantitative estimate of drug-likeness (QED) is 0.834. The zero-order valence-corrected chi connectivity index (χ0v) is 11.2. The summed E-state index contributed by atoms with van der Waals surface area (Å²) in [5.74, 6) is 7.29. The van der Waals surface area contributed by atoms with Crippen LogP contribution in [0.3, 0.4) is 0 Å². The van der Waals surface area contributed by atoms with Crippen LogP contribution in [0.1, 0.15) is 26.0 Å². The van der Waals surface area contributed by atoms with Gasteiger partial charge in [0.1, 0.15) is 11.5 Å². The van der Waals surface area contributed by atoms with E-state index in [4.69, 9.17) is 5.73 Å². The Labute approximate surface area is 113 Å². The Balaban J connectivity index is 2.26. The lowest BCUT2D eigenvalue weighted by Gasteiger charge is -2.01. The van der Waals surface area contributed by atoms with E-state index in [1.54, 1.807) is 6.07 Å². The van der Waals surface area contributed by atoms with Gasteiger partial charge in [-0.3, -0.25) is 0 Å². The van der Waals surface area contributed by atoms with Crippen LogP contribution in [0, 0.1) is 17.8 Å². The lowest BCUT2D eigenvalue weighted by atomic mass is 10.1. The molecule has 0 radical (unpaired) electrons. The monoisotopic (exact) mass is 251 g/mol. The van der Waals surface area contributed by atoms with E-state index in [0.29, 0.717) is 11.7 Å². The van der Waals surface area contributed by atoms with Crippen LogP contribution in [0.5, 0.6) is 0 Å². The number of pyridine rings is 2. The van der Waals surface area contributed by atoms with Crippen LogP contribution < -0.4 is 5.73 Å². The van der Waals surface area contributed by atoms with Crippen LogP contribution in [0.25, 0.3) is 11.4 Å². The van der Waals surface area contributed by atoms with E-state index in [1.165, 1.54) is 0 Å². The number of hydrogen-bond donors (Lipinski definition) is 1. The molecule has 0 saturated carbocycles. The average Bonchev–Trinajstić information content (AvgIpc) is 2.39. The van der Waals surface area contributed by atoms with Crippen LogP contribution in [-0.2, 0) is 0 Å². The van der Waals surface area contributed by atoms with Gasteiger partial charge in [0.2, 0.25) is 0 Å². The minimum atomic E-state index is 0.496.